The predicted octanol–water partition coefficient (Wildman–Crippen LogP) is 5.35. The molecule has 25 heavy (non-hydrogen) atoms. The summed E-state index contributed by atoms with van der Waals surface area (Å²) in [6, 6.07) is 0. The van der Waals surface area contributed by atoms with Crippen LogP contribution in [0.3, 0.4) is 0 Å². The number of hydrogen-bond acceptors (Lipinski definition) is 3. The first kappa shape index (κ1) is 24.3. The Bertz CT molecular complexity index is 321. The van der Waals surface area contributed by atoms with Crippen molar-refractivity contribution in [3.8, 4) is 0 Å². The molecule has 0 aromatic heterocycles. The predicted molar refractivity (Wildman–Crippen MR) is 108 cm³/mol. The second-order valence-corrected chi connectivity index (χ2v) is 7.79. The Kier molecular flexibility index (Phi) is 17.6. The number of carbonyl (C=O) groups is 2. The smallest absolute Gasteiger partial charge is 0.313 e. The molecule has 0 aliphatic carbocycles. The van der Waals surface area contributed by atoms with Gasteiger partial charge in [0.2, 0.25) is 5.91 Å². The molecule has 0 aromatic rings. The maximum atomic E-state index is 12.4. The van der Waals surface area contributed by atoms with Crippen LogP contribution >= 0.6 is 11.8 Å². The molecule has 0 bridgehead atoms. The summed E-state index contributed by atoms with van der Waals surface area (Å²) in [6.45, 7) is 6.09. The van der Waals surface area contributed by atoms with E-state index in [9.17, 15) is 9.59 Å². The zero-order valence-corrected chi connectivity index (χ0v) is 17.2. The van der Waals surface area contributed by atoms with Crippen LogP contribution in [0.4, 0.5) is 0 Å². The van der Waals surface area contributed by atoms with Crippen molar-refractivity contribution in [1.82, 2.24) is 4.90 Å². The fourth-order valence-electron chi connectivity index (χ4n) is 2.84. The molecule has 0 radical (unpaired) electrons. The third-order valence-corrected chi connectivity index (χ3v) is 5.27. The van der Waals surface area contributed by atoms with Crippen molar-refractivity contribution in [2.45, 2.75) is 90.9 Å². The standard InChI is InChI=1S/C20H39NO3S/c1-3-5-7-9-11-13-15-21(16-14-12-10-8-6-4-2)19(22)17-25-18-20(23)24/h3-18H2,1-2H3,(H,23,24). The third-order valence-electron chi connectivity index (χ3n) is 4.37. The lowest BCUT2D eigenvalue weighted by atomic mass is 10.1. The molecule has 148 valence electrons. The van der Waals surface area contributed by atoms with E-state index in [4.69, 9.17) is 5.11 Å². The van der Waals surface area contributed by atoms with Crippen molar-refractivity contribution in [2.75, 3.05) is 24.6 Å². The van der Waals surface area contributed by atoms with Crippen LogP contribution in [0.2, 0.25) is 0 Å². The van der Waals surface area contributed by atoms with E-state index in [1.54, 1.807) is 0 Å². The van der Waals surface area contributed by atoms with Crippen LogP contribution in [-0.2, 0) is 9.59 Å². The lowest BCUT2D eigenvalue weighted by Crippen LogP contribution is -2.34. The topological polar surface area (TPSA) is 57.6 Å². The van der Waals surface area contributed by atoms with Gasteiger partial charge in [-0.15, -0.1) is 11.8 Å². The molecule has 0 rings (SSSR count). The third kappa shape index (κ3) is 16.5. The molecule has 5 heteroatoms. The molecular weight excluding hydrogens is 334 g/mol. The van der Waals surface area contributed by atoms with E-state index in [0.717, 1.165) is 25.9 Å². The molecule has 1 N–H and O–H groups in total. The van der Waals surface area contributed by atoms with Crippen LogP contribution in [0.15, 0.2) is 0 Å². The van der Waals surface area contributed by atoms with Gasteiger partial charge in [-0.1, -0.05) is 78.1 Å². The van der Waals surface area contributed by atoms with Crippen LogP contribution in [0.1, 0.15) is 90.9 Å². The minimum atomic E-state index is -0.851. The van der Waals surface area contributed by atoms with Crippen molar-refractivity contribution in [1.29, 1.82) is 0 Å². The maximum Gasteiger partial charge on any atom is 0.313 e. The Hall–Kier alpha value is -0.710. The van der Waals surface area contributed by atoms with E-state index in [1.807, 2.05) is 4.90 Å². The molecule has 0 heterocycles. The average molecular weight is 374 g/mol. The first-order chi connectivity index (χ1) is 12.1. The Morgan fingerprint density at radius 1 is 0.720 bits per heavy atom. The van der Waals surface area contributed by atoms with E-state index in [-0.39, 0.29) is 17.4 Å². The lowest BCUT2D eigenvalue weighted by molar-refractivity contribution is -0.133. The second kappa shape index (κ2) is 18.1. The molecular formula is C20H39NO3S. The molecule has 0 saturated heterocycles. The Labute approximate surface area is 159 Å². The molecule has 0 aromatic carbocycles. The quantitative estimate of drug-likeness (QED) is 0.329. The number of amides is 1. The number of carboxylic acids is 1. The van der Waals surface area contributed by atoms with Crippen molar-refractivity contribution in [2.24, 2.45) is 0 Å². The van der Waals surface area contributed by atoms with Crippen LogP contribution in [0.25, 0.3) is 0 Å². The summed E-state index contributed by atoms with van der Waals surface area (Å²) in [6.07, 6.45) is 14.7. The van der Waals surface area contributed by atoms with Crippen LogP contribution in [0.5, 0.6) is 0 Å². The number of unbranched alkanes of at least 4 members (excludes halogenated alkanes) is 10. The van der Waals surface area contributed by atoms with Gasteiger partial charge in [0.05, 0.1) is 11.5 Å². The summed E-state index contributed by atoms with van der Waals surface area (Å²) in [4.78, 5) is 24.9. The van der Waals surface area contributed by atoms with Crippen LogP contribution in [-0.4, -0.2) is 46.5 Å². The number of thioether (sulfide) groups is 1. The number of rotatable bonds is 18. The molecule has 0 aliphatic rings. The van der Waals surface area contributed by atoms with Gasteiger partial charge in [0, 0.05) is 13.1 Å². The molecule has 0 fully saturated rings. The zero-order valence-electron chi connectivity index (χ0n) is 16.4. The van der Waals surface area contributed by atoms with Crippen molar-refractivity contribution < 1.29 is 14.7 Å². The van der Waals surface area contributed by atoms with Crippen LogP contribution in [0, 0.1) is 0 Å². The fourth-order valence-corrected chi connectivity index (χ4v) is 3.48. The van der Waals surface area contributed by atoms with E-state index < -0.39 is 5.97 Å². The van der Waals surface area contributed by atoms with Gasteiger partial charge in [-0.2, -0.15) is 0 Å². The summed E-state index contributed by atoms with van der Waals surface area (Å²) in [5, 5.41) is 8.71. The molecule has 0 aliphatic heterocycles. The second-order valence-electron chi connectivity index (χ2n) is 6.80. The normalized spacial score (nSPS) is 10.8. The highest BCUT2D eigenvalue weighted by Crippen LogP contribution is 2.11. The van der Waals surface area contributed by atoms with Gasteiger partial charge in [-0.3, -0.25) is 9.59 Å². The minimum absolute atomic E-state index is 0.00756. The first-order valence-corrected chi connectivity index (χ1v) is 11.3. The molecule has 0 unspecified atom stereocenters. The van der Waals surface area contributed by atoms with E-state index >= 15 is 0 Å². The zero-order chi connectivity index (χ0) is 18.8. The summed E-state index contributed by atoms with van der Waals surface area (Å²) >= 11 is 1.21. The monoisotopic (exact) mass is 373 g/mol. The first-order valence-electron chi connectivity index (χ1n) is 10.2. The van der Waals surface area contributed by atoms with Gasteiger partial charge in [-0.05, 0) is 12.8 Å². The van der Waals surface area contributed by atoms with Crippen molar-refractivity contribution in [3.63, 3.8) is 0 Å². The Morgan fingerprint density at radius 3 is 1.60 bits per heavy atom. The number of aliphatic carboxylic acids is 1. The van der Waals surface area contributed by atoms with Crippen molar-refractivity contribution in [3.05, 3.63) is 0 Å². The summed E-state index contributed by atoms with van der Waals surface area (Å²) in [5.74, 6) is -0.449. The summed E-state index contributed by atoms with van der Waals surface area (Å²) in [5.41, 5.74) is 0. The van der Waals surface area contributed by atoms with Gasteiger partial charge >= 0.3 is 5.97 Å². The number of carboxylic acid groups (broad SMARTS) is 1. The van der Waals surface area contributed by atoms with Gasteiger partial charge in [0.25, 0.3) is 0 Å². The minimum Gasteiger partial charge on any atom is -0.481 e. The number of carbonyl (C=O) groups excluding carboxylic acids is 1. The Balaban J connectivity index is 4.06. The molecule has 1 amide bonds. The summed E-state index contributed by atoms with van der Waals surface area (Å²) < 4.78 is 0. The maximum absolute atomic E-state index is 12.4. The molecule has 0 saturated carbocycles. The largest absolute Gasteiger partial charge is 0.481 e. The SMILES string of the molecule is CCCCCCCCN(CCCCCCCC)C(=O)CSCC(=O)O. The van der Waals surface area contributed by atoms with Crippen molar-refractivity contribution >= 4 is 23.6 Å². The van der Waals surface area contributed by atoms with E-state index in [2.05, 4.69) is 13.8 Å². The summed E-state index contributed by atoms with van der Waals surface area (Å²) in [7, 11) is 0. The Morgan fingerprint density at radius 2 is 1.16 bits per heavy atom. The highest BCUT2D eigenvalue weighted by Gasteiger charge is 2.13. The highest BCUT2D eigenvalue weighted by molar-refractivity contribution is 8.00. The van der Waals surface area contributed by atoms with E-state index in [1.165, 1.54) is 76.0 Å². The lowest BCUT2D eigenvalue weighted by Gasteiger charge is -2.22. The number of hydrogen-bond donors (Lipinski definition) is 1. The van der Waals surface area contributed by atoms with Gasteiger partial charge in [0.1, 0.15) is 0 Å². The molecule has 0 spiro atoms. The van der Waals surface area contributed by atoms with E-state index in [0.29, 0.717) is 0 Å². The number of nitrogens with zero attached hydrogens (tertiary/aromatic N) is 1. The molecule has 0 atom stereocenters. The van der Waals surface area contributed by atoms with Crippen LogP contribution < -0.4 is 0 Å². The fraction of sp³-hybridized carbons (Fsp3) is 0.900. The van der Waals surface area contributed by atoms with Gasteiger partial charge < -0.3 is 10.0 Å². The molecule has 4 nitrogen and oxygen atoms in total. The highest BCUT2D eigenvalue weighted by atomic mass is 32.2. The average Bonchev–Trinajstić information content (AvgIpc) is 2.58. The van der Waals surface area contributed by atoms with Gasteiger partial charge in [-0.25, -0.2) is 0 Å². The van der Waals surface area contributed by atoms with Gasteiger partial charge in [0.15, 0.2) is 0 Å².